The zero-order valence-electron chi connectivity index (χ0n) is 16.0. The van der Waals surface area contributed by atoms with Crippen LogP contribution in [0.1, 0.15) is 36.1 Å². The van der Waals surface area contributed by atoms with Gasteiger partial charge in [-0.1, -0.05) is 18.6 Å². The van der Waals surface area contributed by atoms with E-state index in [-0.39, 0.29) is 18.4 Å². The predicted molar refractivity (Wildman–Crippen MR) is 102 cm³/mol. The highest BCUT2D eigenvalue weighted by atomic mass is 19.1. The number of rotatable bonds is 8. The molecule has 1 unspecified atom stereocenters. The zero-order chi connectivity index (χ0) is 19.4. The van der Waals surface area contributed by atoms with Crippen LogP contribution in [-0.2, 0) is 6.42 Å². The first-order valence-corrected chi connectivity index (χ1v) is 9.15. The fourth-order valence-corrected chi connectivity index (χ4v) is 3.76. The molecule has 0 bridgehead atoms. The van der Waals surface area contributed by atoms with Gasteiger partial charge < -0.3 is 9.64 Å². The van der Waals surface area contributed by atoms with Crippen LogP contribution in [0.5, 0.6) is 5.88 Å². The number of hydrogen-bond donors (Lipinski definition) is 0. The standard InChI is InChI=1S/C21H25F2N3O/c1-14(20-21(27-3)25-9-8-24-20)19-15(6-10-26(2)11-7-22)12-16-13-17(23)4-5-18(16)19/h4-5,8-9,13-14H,6-7,10-12H2,1-3H3. The quantitative estimate of drug-likeness (QED) is 0.700. The maximum Gasteiger partial charge on any atom is 0.235 e. The van der Waals surface area contributed by atoms with Crippen LogP contribution < -0.4 is 4.74 Å². The summed E-state index contributed by atoms with van der Waals surface area (Å²) < 4.78 is 31.7. The van der Waals surface area contributed by atoms with Gasteiger partial charge in [-0.05, 0) is 48.7 Å². The number of fused-ring (bicyclic) bond motifs is 1. The van der Waals surface area contributed by atoms with Crippen LogP contribution in [0.2, 0.25) is 0 Å². The number of ether oxygens (including phenoxy) is 1. The lowest BCUT2D eigenvalue weighted by Crippen LogP contribution is -2.22. The first-order chi connectivity index (χ1) is 13.0. The molecule has 0 aliphatic heterocycles. The Bertz CT molecular complexity index is 838. The Morgan fingerprint density at radius 1 is 1.22 bits per heavy atom. The molecule has 0 N–H and O–H groups in total. The molecular weight excluding hydrogens is 348 g/mol. The highest BCUT2D eigenvalue weighted by Gasteiger charge is 2.29. The van der Waals surface area contributed by atoms with E-state index < -0.39 is 0 Å². The van der Waals surface area contributed by atoms with Crippen molar-refractivity contribution in [3.8, 4) is 5.88 Å². The van der Waals surface area contributed by atoms with Gasteiger partial charge in [0.2, 0.25) is 5.88 Å². The third kappa shape index (κ3) is 4.16. The molecule has 6 heteroatoms. The van der Waals surface area contributed by atoms with Gasteiger partial charge in [-0.3, -0.25) is 4.98 Å². The number of hydrogen-bond acceptors (Lipinski definition) is 4. The number of nitrogens with zero attached hydrogens (tertiary/aromatic N) is 3. The molecule has 1 aliphatic carbocycles. The molecule has 144 valence electrons. The molecule has 0 fully saturated rings. The molecular formula is C21H25F2N3O. The third-order valence-corrected chi connectivity index (χ3v) is 5.13. The molecule has 1 aromatic carbocycles. The summed E-state index contributed by atoms with van der Waals surface area (Å²) in [5.74, 6) is 0.234. The second-order valence-corrected chi connectivity index (χ2v) is 6.91. The fourth-order valence-electron chi connectivity index (χ4n) is 3.76. The van der Waals surface area contributed by atoms with Crippen LogP contribution in [-0.4, -0.2) is 48.8 Å². The molecule has 0 saturated heterocycles. The van der Waals surface area contributed by atoms with Gasteiger partial charge in [-0.2, -0.15) is 0 Å². The van der Waals surface area contributed by atoms with Crippen LogP contribution in [0.3, 0.4) is 0 Å². The molecule has 0 radical (unpaired) electrons. The maximum absolute atomic E-state index is 13.8. The predicted octanol–water partition coefficient (Wildman–Crippen LogP) is 4.03. The minimum Gasteiger partial charge on any atom is -0.480 e. The van der Waals surface area contributed by atoms with Crippen LogP contribution in [0, 0.1) is 5.82 Å². The first kappa shape index (κ1) is 19.4. The average molecular weight is 373 g/mol. The lowest BCUT2D eigenvalue weighted by molar-refractivity contribution is 0.298. The summed E-state index contributed by atoms with van der Waals surface area (Å²) in [7, 11) is 3.50. The van der Waals surface area contributed by atoms with Crippen LogP contribution in [0.15, 0.2) is 36.2 Å². The molecule has 2 aromatic rings. The Morgan fingerprint density at radius 3 is 2.74 bits per heavy atom. The van der Waals surface area contributed by atoms with Crippen molar-refractivity contribution in [1.82, 2.24) is 14.9 Å². The Hall–Kier alpha value is -2.34. The number of aromatic nitrogens is 2. The smallest absolute Gasteiger partial charge is 0.235 e. The number of methoxy groups -OCH3 is 1. The fraction of sp³-hybridized carbons (Fsp3) is 0.429. The van der Waals surface area contributed by atoms with Gasteiger partial charge in [-0.25, -0.2) is 13.8 Å². The van der Waals surface area contributed by atoms with Gasteiger partial charge in [0.1, 0.15) is 18.2 Å². The van der Waals surface area contributed by atoms with E-state index in [1.807, 2.05) is 18.0 Å². The molecule has 0 amide bonds. The summed E-state index contributed by atoms with van der Waals surface area (Å²) in [4.78, 5) is 10.7. The molecule has 4 nitrogen and oxygen atoms in total. The molecule has 0 saturated carbocycles. The SMILES string of the molecule is COc1nccnc1C(C)C1=C(CCN(C)CCF)Cc2cc(F)ccc21. The minimum atomic E-state index is -0.360. The maximum atomic E-state index is 13.8. The van der Waals surface area contributed by atoms with E-state index in [2.05, 4.69) is 16.9 Å². The van der Waals surface area contributed by atoms with E-state index in [9.17, 15) is 8.78 Å². The summed E-state index contributed by atoms with van der Waals surface area (Å²) in [6.45, 7) is 2.88. The molecule has 1 heterocycles. The summed E-state index contributed by atoms with van der Waals surface area (Å²) in [6.07, 6.45) is 4.77. The summed E-state index contributed by atoms with van der Waals surface area (Å²) in [5, 5.41) is 0. The van der Waals surface area contributed by atoms with Crippen LogP contribution in [0.25, 0.3) is 5.57 Å². The number of alkyl halides is 1. The highest BCUT2D eigenvalue weighted by Crippen LogP contribution is 2.44. The van der Waals surface area contributed by atoms with E-state index in [1.54, 1.807) is 25.6 Å². The minimum absolute atomic E-state index is 0.0400. The summed E-state index contributed by atoms with van der Waals surface area (Å²) in [6, 6.07) is 4.95. The molecule has 1 atom stereocenters. The largest absolute Gasteiger partial charge is 0.480 e. The Kier molecular flexibility index (Phi) is 6.16. The lowest BCUT2D eigenvalue weighted by atomic mass is 9.90. The van der Waals surface area contributed by atoms with E-state index in [1.165, 1.54) is 11.6 Å². The first-order valence-electron chi connectivity index (χ1n) is 9.15. The normalized spacial score (nSPS) is 14.6. The van der Waals surface area contributed by atoms with Crippen molar-refractivity contribution in [2.45, 2.75) is 25.7 Å². The monoisotopic (exact) mass is 373 g/mol. The Morgan fingerprint density at radius 2 is 2.00 bits per heavy atom. The van der Waals surface area contributed by atoms with Gasteiger partial charge in [0.15, 0.2) is 0 Å². The van der Waals surface area contributed by atoms with Crippen LogP contribution in [0.4, 0.5) is 8.78 Å². The average Bonchev–Trinajstić information content (AvgIpc) is 3.03. The van der Waals surface area contributed by atoms with Crippen molar-refractivity contribution < 1.29 is 13.5 Å². The lowest BCUT2D eigenvalue weighted by Gasteiger charge is -2.20. The van der Waals surface area contributed by atoms with Gasteiger partial charge in [0, 0.05) is 31.4 Å². The number of allylic oxidation sites excluding steroid dienone is 1. The molecule has 3 rings (SSSR count). The number of halogens is 2. The van der Waals surface area contributed by atoms with Crippen molar-refractivity contribution in [3.63, 3.8) is 0 Å². The highest BCUT2D eigenvalue weighted by molar-refractivity contribution is 5.80. The van der Waals surface area contributed by atoms with E-state index in [0.717, 1.165) is 35.4 Å². The zero-order valence-corrected chi connectivity index (χ0v) is 16.0. The van der Waals surface area contributed by atoms with Crippen molar-refractivity contribution in [3.05, 3.63) is 58.8 Å². The van der Waals surface area contributed by atoms with Gasteiger partial charge in [0.25, 0.3) is 0 Å². The summed E-state index contributed by atoms with van der Waals surface area (Å²) >= 11 is 0. The third-order valence-electron chi connectivity index (χ3n) is 5.13. The van der Waals surface area contributed by atoms with Gasteiger partial charge in [0.05, 0.1) is 7.11 Å². The topological polar surface area (TPSA) is 38.3 Å². The van der Waals surface area contributed by atoms with E-state index in [0.29, 0.717) is 18.8 Å². The number of benzene rings is 1. The second kappa shape index (κ2) is 8.57. The van der Waals surface area contributed by atoms with Crippen molar-refractivity contribution >= 4 is 5.57 Å². The molecule has 27 heavy (non-hydrogen) atoms. The van der Waals surface area contributed by atoms with Crippen molar-refractivity contribution in [2.75, 3.05) is 33.9 Å². The van der Waals surface area contributed by atoms with Crippen molar-refractivity contribution in [1.29, 1.82) is 0 Å². The van der Waals surface area contributed by atoms with Crippen molar-refractivity contribution in [2.24, 2.45) is 0 Å². The Balaban J connectivity index is 1.98. The van der Waals surface area contributed by atoms with E-state index in [4.69, 9.17) is 4.74 Å². The molecule has 0 spiro atoms. The van der Waals surface area contributed by atoms with Crippen LogP contribution >= 0.6 is 0 Å². The van der Waals surface area contributed by atoms with Gasteiger partial charge >= 0.3 is 0 Å². The van der Waals surface area contributed by atoms with Gasteiger partial charge in [-0.15, -0.1) is 0 Å². The molecule has 1 aromatic heterocycles. The Labute approximate surface area is 158 Å². The molecule has 1 aliphatic rings. The summed E-state index contributed by atoms with van der Waals surface area (Å²) in [5.41, 5.74) is 5.20. The second-order valence-electron chi connectivity index (χ2n) is 6.91. The van der Waals surface area contributed by atoms with E-state index >= 15 is 0 Å².